The number of hydrogen-bond donors (Lipinski definition) is 2. The Bertz CT molecular complexity index is 570. The highest BCUT2D eigenvalue weighted by Crippen LogP contribution is 2.24. The fraction of sp³-hybridized carbons (Fsp3) is 0.529. The van der Waals surface area contributed by atoms with Crippen molar-refractivity contribution in [3.63, 3.8) is 0 Å². The molecule has 1 aromatic carbocycles. The Hall–Kier alpha value is -2.11. The van der Waals surface area contributed by atoms with E-state index in [1.54, 1.807) is 17.0 Å². The van der Waals surface area contributed by atoms with Gasteiger partial charge in [0.2, 0.25) is 5.91 Å². The molecule has 0 radical (unpaired) electrons. The topological polar surface area (TPSA) is 61.4 Å². The summed E-state index contributed by atoms with van der Waals surface area (Å²) in [5.41, 5.74) is 0.627. The van der Waals surface area contributed by atoms with E-state index in [9.17, 15) is 14.0 Å². The molecule has 124 valence electrons. The first kappa shape index (κ1) is 15.8. The van der Waals surface area contributed by atoms with Gasteiger partial charge >= 0.3 is 6.03 Å². The quantitative estimate of drug-likeness (QED) is 0.879. The van der Waals surface area contributed by atoms with Crippen molar-refractivity contribution in [2.24, 2.45) is 0 Å². The van der Waals surface area contributed by atoms with Crippen LogP contribution in [0.3, 0.4) is 0 Å². The molecule has 1 aliphatic carbocycles. The van der Waals surface area contributed by atoms with Crippen molar-refractivity contribution in [2.75, 3.05) is 13.1 Å². The van der Waals surface area contributed by atoms with Gasteiger partial charge in [-0.25, -0.2) is 9.18 Å². The molecule has 23 heavy (non-hydrogen) atoms. The second-order valence-electron chi connectivity index (χ2n) is 6.22. The molecule has 3 amide bonds. The Labute approximate surface area is 135 Å². The van der Waals surface area contributed by atoms with Crippen molar-refractivity contribution in [3.8, 4) is 0 Å². The first-order valence-corrected chi connectivity index (χ1v) is 8.25. The van der Waals surface area contributed by atoms with Crippen LogP contribution in [0.15, 0.2) is 24.3 Å². The van der Waals surface area contributed by atoms with Crippen molar-refractivity contribution in [3.05, 3.63) is 35.6 Å². The maximum absolute atomic E-state index is 13.1. The first-order valence-electron chi connectivity index (χ1n) is 8.25. The zero-order chi connectivity index (χ0) is 16.2. The monoisotopic (exact) mass is 319 g/mol. The van der Waals surface area contributed by atoms with Crippen LogP contribution < -0.4 is 10.6 Å². The maximum atomic E-state index is 13.1. The Balaban J connectivity index is 1.75. The summed E-state index contributed by atoms with van der Waals surface area (Å²) in [5, 5.41) is 5.83. The molecule has 1 saturated heterocycles. The third-order valence-corrected chi connectivity index (χ3v) is 4.59. The number of rotatable bonds is 2. The molecule has 0 spiro atoms. The minimum Gasteiger partial charge on any atom is -0.352 e. The van der Waals surface area contributed by atoms with Gasteiger partial charge in [0.05, 0.1) is 0 Å². The molecule has 5 nitrogen and oxygen atoms in total. The van der Waals surface area contributed by atoms with Gasteiger partial charge in [0, 0.05) is 19.1 Å². The van der Waals surface area contributed by atoms with E-state index in [4.69, 9.17) is 0 Å². The zero-order valence-electron chi connectivity index (χ0n) is 13.1. The van der Waals surface area contributed by atoms with Gasteiger partial charge in [0.25, 0.3) is 0 Å². The smallest absolute Gasteiger partial charge is 0.318 e. The Morgan fingerprint density at radius 2 is 1.87 bits per heavy atom. The number of hydrogen-bond acceptors (Lipinski definition) is 2. The fourth-order valence-electron chi connectivity index (χ4n) is 3.37. The molecule has 1 heterocycles. The van der Waals surface area contributed by atoms with Crippen LogP contribution in [0.25, 0.3) is 0 Å². The van der Waals surface area contributed by atoms with E-state index in [1.807, 2.05) is 0 Å². The lowest BCUT2D eigenvalue weighted by Gasteiger charge is -2.36. The number of piperazine rings is 1. The third kappa shape index (κ3) is 3.63. The van der Waals surface area contributed by atoms with E-state index in [0.717, 1.165) is 25.7 Å². The van der Waals surface area contributed by atoms with Gasteiger partial charge in [-0.1, -0.05) is 31.4 Å². The summed E-state index contributed by atoms with van der Waals surface area (Å²) in [5.74, 6) is -0.579. The molecule has 3 rings (SSSR count). The van der Waals surface area contributed by atoms with Gasteiger partial charge < -0.3 is 15.5 Å². The molecule has 1 atom stereocenters. The van der Waals surface area contributed by atoms with Gasteiger partial charge in [0.15, 0.2) is 0 Å². The SMILES string of the molecule is O=C1NCCN(C(=O)NC2CCCCC2)C1c1ccc(F)cc1. The summed E-state index contributed by atoms with van der Waals surface area (Å²) in [6, 6.07) is 5.03. The van der Waals surface area contributed by atoms with E-state index in [-0.39, 0.29) is 23.8 Å². The molecule has 6 heteroatoms. The van der Waals surface area contributed by atoms with Crippen LogP contribution in [0.5, 0.6) is 0 Å². The predicted octanol–water partition coefficient (Wildman–Crippen LogP) is 2.34. The molecule has 1 aromatic rings. The lowest BCUT2D eigenvalue weighted by atomic mass is 9.95. The number of urea groups is 1. The number of carbonyl (C=O) groups is 2. The van der Waals surface area contributed by atoms with E-state index >= 15 is 0 Å². The van der Waals surface area contributed by atoms with Gasteiger partial charge in [-0.05, 0) is 30.5 Å². The molecule has 2 aliphatic rings. The molecule has 1 aliphatic heterocycles. The van der Waals surface area contributed by atoms with Crippen molar-refractivity contribution in [2.45, 2.75) is 44.2 Å². The second kappa shape index (κ2) is 6.98. The molecular formula is C17H22FN3O2. The highest BCUT2D eigenvalue weighted by atomic mass is 19.1. The van der Waals surface area contributed by atoms with Gasteiger partial charge in [-0.2, -0.15) is 0 Å². The predicted molar refractivity (Wildman–Crippen MR) is 84.3 cm³/mol. The average molecular weight is 319 g/mol. The molecular weight excluding hydrogens is 297 g/mol. The highest BCUT2D eigenvalue weighted by molar-refractivity contribution is 5.89. The minimum atomic E-state index is -0.701. The van der Waals surface area contributed by atoms with Crippen LogP contribution >= 0.6 is 0 Å². The van der Waals surface area contributed by atoms with Crippen LogP contribution in [0.1, 0.15) is 43.7 Å². The Kier molecular flexibility index (Phi) is 4.79. The number of nitrogens with one attached hydrogen (secondary N) is 2. The molecule has 2 N–H and O–H groups in total. The van der Waals surface area contributed by atoms with Gasteiger partial charge in [0.1, 0.15) is 11.9 Å². The van der Waals surface area contributed by atoms with Crippen LogP contribution in [0.4, 0.5) is 9.18 Å². The van der Waals surface area contributed by atoms with Crippen LogP contribution in [0, 0.1) is 5.82 Å². The summed E-state index contributed by atoms with van der Waals surface area (Å²) in [4.78, 5) is 26.4. The van der Waals surface area contributed by atoms with Crippen molar-refractivity contribution >= 4 is 11.9 Å². The van der Waals surface area contributed by atoms with Gasteiger partial charge in [-0.3, -0.25) is 4.79 Å². The molecule has 0 bridgehead atoms. The summed E-state index contributed by atoms with van der Waals surface area (Å²) < 4.78 is 13.1. The van der Waals surface area contributed by atoms with Gasteiger partial charge in [-0.15, -0.1) is 0 Å². The Morgan fingerprint density at radius 3 is 2.57 bits per heavy atom. The second-order valence-corrected chi connectivity index (χ2v) is 6.22. The van der Waals surface area contributed by atoms with Crippen LogP contribution in [-0.4, -0.2) is 36.0 Å². The summed E-state index contributed by atoms with van der Waals surface area (Å²) in [6.07, 6.45) is 5.47. The summed E-state index contributed by atoms with van der Waals surface area (Å²) >= 11 is 0. The molecule has 1 unspecified atom stereocenters. The number of carbonyl (C=O) groups excluding carboxylic acids is 2. The highest BCUT2D eigenvalue weighted by Gasteiger charge is 2.35. The number of halogens is 1. The molecule has 2 fully saturated rings. The van der Waals surface area contributed by atoms with Crippen molar-refractivity contribution in [1.82, 2.24) is 15.5 Å². The van der Waals surface area contributed by atoms with Crippen molar-refractivity contribution < 1.29 is 14.0 Å². The fourth-order valence-corrected chi connectivity index (χ4v) is 3.37. The summed E-state index contributed by atoms with van der Waals surface area (Å²) in [6.45, 7) is 0.890. The standard InChI is InChI=1S/C17H22FN3O2/c18-13-8-6-12(7-9-13)15-16(22)19-10-11-21(15)17(23)20-14-4-2-1-3-5-14/h6-9,14-15H,1-5,10-11H2,(H,19,22)(H,20,23). The van der Waals surface area contributed by atoms with E-state index in [1.165, 1.54) is 18.6 Å². The first-order chi connectivity index (χ1) is 11.1. The maximum Gasteiger partial charge on any atom is 0.318 e. The minimum absolute atomic E-state index is 0.190. The van der Waals surface area contributed by atoms with E-state index < -0.39 is 6.04 Å². The number of benzene rings is 1. The molecule has 0 aromatic heterocycles. The Morgan fingerprint density at radius 1 is 1.17 bits per heavy atom. The number of amides is 3. The largest absolute Gasteiger partial charge is 0.352 e. The summed E-state index contributed by atoms with van der Waals surface area (Å²) in [7, 11) is 0. The average Bonchev–Trinajstić information content (AvgIpc) is 2.56. The lowest BCUT2D eigenvalue weighted by Crippen LogP contribution is -2.56. The van der Waals surface area contributed by atoms with E-state index in [2.05, 4.69) is 10.6 Å². The number of nitrogens with zero attached hydrogens (tertiary/aromatic N) is 1. The lowest BCUT2D eigenvalue weighted by molar-refractivity contribution is -0.127. The van der Waals surface area contributed by atoms with Crippen LogP contribution in [0.2, 0.25) is 0 Å². The normalized spacial score (nSPS) is 22.6. The van der Waals surface area contributed by atoms with E-state index in [0.29, 0.717) is 18.7 Å². The zero-order valence-corrected chi connectivity index (χ0v) is 13.1. The third-order valence-electron chi connectivity index (χ3n) is 4.59. The van der Waals surface area contributed by atoms with Crippen LogP contribution in [-0.2, 0) is 4.79 Å². The molecule has 1 saturated carbocycles. The van der Waals surface area contributed by atoms with Crippen molar-refractivity contribution in [1.29, 1.82) is 0 Å².